The SMILES string of the molecule is CC1NCCN(C(=O)c2cccc(NC(=O)c3cccs3)c2)C1C. The van der Waals surface area contributed by atoms with E-state index in [0.717, 1.165) is 6.54 Å². The van der Waals surface area contributed by atoms with Crippen LogP contribution in [0.3, 0.4) is 0 Å². The van der Waals surface area contributed by atoms with Gasteiger partial charge in [0.1, 0.15) is 0 Å². The summed E-state index contributed by atoms with van der Waals surface area (Å²) in [4.78, 5) is 27.5. The van der Waals surface area contributed by atoms with Gasteiger partial charge in [-0.2, -0.15) is 0 Å². The smallest absolute Gasteiger partial charge is 0.265 e. The van der Waals surface area contributed by atoms with Crippen LogP contribution in [0.2, 0.25) is 0 Å². The second kappa shape index (κ2) is 7.15. The van der Waals surface area contributed by atoms with E-state index in [2.05, 4.69) is 24.5 Å². The molecule has 0 bridgehead atoms. The first-order valence-corrected chi connectivity index (χ1v) is 8.93. The van der Waals surface area contributed by atoms with Crippen LogP contribution in [0.15, 0.2) is 41.8 Å². The van der Waals surface area contributed by atoms with Gasteiger partial charge < -0.3 is 15.5 Å². The highest BCUT2D eigenvalue weighted by Gasteiger charge is 2.28. The van der Waals surface area contributed by atoms with Crippen molar-refractivity contribution in [1.82, 2.24) is 10.2 Å². The Morgan fingerprint density at radius 1 is 1.25 bits per heavy atom. The molecule has 1 aliphatic heterocycles. The summed E-state index contributed by atoms with van der Waals surface area (Å²) in [7, 11) is 0. The molecule has 0 spiro atoms. The molecule has 2 amide bonds. The molecule has 1 saturated heterocycles. The van der Waals surface area contributed by atoms with Crippen molar-refractivity contribution in [2.75, 3.05) is 18.4 Å². The fourth-order valence-corrected chi connectivity index (χ4v) is 3.46. The van der Waals surface area contributed by atoms with Gasteiger partial charge in [0.25, 0.3) is 11.8 Å². The highest BCUT2D eigenvalue weighted by Crippen LogP contribution is 2.18. The van der Waals surface area contributed by atoms with Crippen LogP contribution in [0, 0.1) is 0 Å². The van der Waals surface area contributed by atoms with Gasteiger partial charge in [0.2, 0.25) is 0 Å². The normalized spacial score (nSPS) is 20.7. The number of anilines is 1. The van der Waals surface area contributed by atoms with Gasteiger partial charge in [-0.3, -0.25) is 9.59 Å². The fourth-order valence-electron chi connectivity index (χ4n) is 2.84. The number of thiophene rings is 1. The number of nitrogens with one attached hydrogen (secondary N) is 2. The third kappa shape index (κ3) is 3.49. The Morgan fingerprint density at radius 2 is 2.08 bits per heavy atom. The Balaban J connectivity index is 1.75. The maximum Gasteiger partial charge on any atom is 0.265 e. The summed E-state index contributed by atoms with van der Waals surface area (Å²) < 4.78 is 0. The molecule has 5 nitrogen and oxygen atoms in total. The minimum absolute atomic E-state index is 0.00284. The number of nitrogens with zero attached hydrogens (tertiary/aromatic N) is 1. The largest absolute Gasteiger partial charge is 0.333 e. The Bertz CT molecular complexity index is 730. The highest BCUT2D eigenvalue weighted by molar-refractivity contribution is 7.12. The van der Waals surface area contributed by atoms with E-state index in [-0.39, 0.29) is 23.9 Å². The second-order valence-corrected chi connectivity index (χ2v) is 6.94. The van der Waals surface area contributed by atoms with Crippen LogP contribution in [0.4, 0.5) is 5.69 Å². The molecule has 1 aliphatic rings. The van der Waals surface area contributed by atoms with Gasteiger partial charge in [-0.1, -0.05) is 12.1 Å². The Hall–Kier alpha value is -2.18. The lowest BCUT2D eigenvalue weighted by molar-refractivity contribution is 0.0603. The number of amides is 2. The second-order valence-electron chi connectivity index (χ2n) is 5.99. The standard InChI is InChI=1S/C18H21N3O2S/c1-12-13(2)21(9-8-19-12)18(23)14-5-3-6-15(11-14)20-17(22)16-7-4-10-24-16/h3-7,10-13,19H,8-9H2,1-2H3,(H,20,22). The number of benzene rings is 1. The third-order valence-corrected chi connectivity index (χ3v) is 5.28. The minimum atomic E-state index is -0.154. The molecule has 0 aliphatic carbocycles. The molecule has 2 N–H and O–H groups in total. The molecule has 0 radical (unpaired) electrons. The lowest BCUT2D eigenvalue weighted by Crippen LogP contribution is -2.57. The van der Waals surface area contributed by atoms with Gasteiger partial charge in [-0.25, -0.2) is 0 Å². The maximum absolute atomic E-state index is 12.8. The molecular formula is C18H21N3O2S. The Labute approximate surface area is 145 Å². The van der Waals surface area contributed by atoms with Gasteiger partial charge in [-0.05, 0) is 43.5 Å². The predicted molar refractivity (Wildman–Crippen MR) is 96.7 cm³/mol. The van der Waals surface area contributed by atoms with E-state index in [1.54, 1.807) is 30.3 Å². The number of piperazine rings is 1. The first kappa shape index (κ1) is 16.7. The molecule has 24 heavy (non-hydrogen) atoms. The summed E-state index contributed by atoms with van der Waals surface area (Å²) in [6.45, 7) is 5.63. The summed E-state index contributed by atoms with van der Waals surface area (Å²) in [6, 6.07) is 11.2. The Kier molecular flexibility index (Phi) is 4.97. The van der Waals surface area contributed by atoms with Crippen LogP contribution >= 0.6 is 11.3 Å². The Morgan fingerprint density at radius 3 is 2.83 bits per heavy atom. The van der Waals surface area contributed by atoms with Crippen LogP contribution in [-0.4, -0.2) is 41.9 Å². The average molecular weight is 343 g/mol. The van der Waals surface area contributed by atoms with E-state index in [9.17, 15) is 9.59 Å². The monoisotopic (exact) mass is 343 g/mol. The van der Waals surface area contributed by atoms with Crippen molar-refractivity contribution >= 4 is 28.8 Å². The van der Waals surface area contributed by atoms with Crippen molar-refractivity contribution in [2.45, 2.75) is 25.9 Å². The first-order valence-electron chi connectivity index (χ1n) is 8.05. The van der Waals surface area contributed by atoms with E-state index < -0.39 is 0 Å². The zero-order valence-corrected chi connectivity index (χ0v) is 14.6. The molecule has 2 aromatic rings. The zero-order valence-electron chi connectivity index (χ0n) is 13.8. The number of hydrogen-bond acceptors (Lipinski definition) is 4. The van der Waals surface area contributed by atoms with Crippen LogP contribution in [0.5, 0.6) is 0 Å². The lowest BCUT2D eigenvalue weighted by atomic mass is 10.0. The van der Waals surface area contributed by atoms with Crippen molar-refractivity contribution in [3.8, 4) is 0 Å². The molecule has 2 atom stereocenters. The number of hydrogen-bond donors (Lipinski definition) is 2. The van der Waals surface area contributed by atoms with Gasteiger partial charge in [0.05, 0.1) is 4.88 Å². The molecule has 2 unspecified atom stereocenters. The van der Waals surface area contributed by atoms with Crippen LogP contribution in [0.25, 0.3) is 0 Å². The van der Waals surface area contributed by atoms with E-state index >= 15 is 0 Å². The minimum Gasteiger partial charge on any atom is -0.333 e. The quantitative estimate of drug-likeness (QED) is 0.901. The molecule has 3 rings (SSSR count). The molecule has 0 saturated carbocycles. The topological polar surface area (TPSA) is 61.4 Å². The van der Waals surface area contributed by atoms with Gasteiger partial charge >= 0.3 is 0 Å². The summed E-state index contributed by atoms with van der Waals surface area (Å²) in [5, 5.41) is 8.09. The van der Waals surface area contributed by atoms with Crippen molar-refractivity contribution in [2.24, 2.45) is 0 Å². The summed E-state index contributed by atoms with van der Waals surface area (Å²) in [6.07, 6.45) is 0. The van der Waals surface area contributed by atoms with Crippen molar-refractivity contribution in [3.05, 3.63) is 52.2 Å². The molecule has 126 valence electrons. The van der Waals surface area contributed by atoms with E-state index in [0.29, 0.717) is 22.7 Å². The third-order valence-electron chi connectivity index (χ3n) is 4.41. The van der Waals surface area contributed by atoms with Gasteiger partial charge in [-0.15, -0.1) is 11.3 Å². The van der Waals surface area contributed by atoms with E-state index in [1.807, 2.05) is 16.3 Å². The van der Waals surface area contributed by atoms with Crippen molar-refractivity contribution in [3.63, 3.8) is 0 Å². The van der Waals surface area contributed by atoms with Gasteiger partial charge in [0, 0.05) is 36.4 Å². The zero-order chi connectivity index (χ0) is 17.1. The average Bonchev–Trinajstić information content (AvgIpc) is 3.12. The van der Waals surface area contributed by atoms with E-state index in [4.69, 9.17) is 0 Å². The van der Waals surface area contributed by atoms with E-state index in [1.165, 1.54) is 11.3 Å². The molecule has 1 aromatic carbocycles. The molecule has 6 heteroatoms. The fraction of sp³-hybridized carbons (Fsp3) is 0.333. The molecule has 2 heterocycles. The molecule has 1 aromatic heterocycles. The summed E-state index contributed by atoms with van der Waals surface area (Å²) in [5.41, 5.74) is 1.23. The van der Waals surface area contributed by atoms with Crippen LogP contribution in [-0.2, 0) is 0 Å². The summed E-state index contributed by atoms with van der Waals surface area (Å²) >= 11 is 1.39. The number of rotatable bonds is 3. The number of carbonyl (C=O) groups is 2. The molecule has 1 fully saturated rings. The molecular weight excluding hydrogens is 322 g/mol. The van der Waals surface area contributed by atoms with Crippen molar-refractivity contribution < 1.29 is 9.59 Å². The number of carbonyl (C=O) groups excluding carboxylic acids is 2. The lowest BCUT2D eigenvalue weighted by Gasteiger charge is -2.38. The highest BCUT2D eigenvalue weighted by atomic mass is 32.1. The van der Waals surface area contributed by atoms with Gasteiger partial charge in [0.15, 0.2) is 0 Å². The van der Waals surface area contributed by atoms with Crippen LogP contribution in [0.1, 0.15) is 33.9 Å². The maximum atomic E-state index is 12.8. The predicted octanol–water partition coefficient (Wildman–Crippen LogP) is 2.82. The first-order chi connectivity index (χ1) is 11.6. The van der Waals surface area contributed by atoms with Crippen LogP contribution < -0.4 is 10.6 Å². The van der Waals surface area contributed by atoms with Crippen molar-refractivity contribution in [1.29, 1.82) is 0 Å². The summed E-state index contributed by atoms with van der Waals surface area (Å²) in [5.74, 6) is -0.151.